The molecule has 0 saturated carbocycles. The van der Waals surface area contributed by atoms with Gasteiger partial charge in [-0.2, -0.15) is 0 Å². The van der Waals surface area contributed by atoms with Crippen molar-refractivity contribution in [3.63, 3.8) is 0 Å². The van der Waals surface area contributed by atoms with Gasteiger partial charge >= 0.3 is 5.97 Å². The van der Waals surface area contributed by atoms with Crippen molar-refractivity contribution in [1.82, 2.24) is 0 Å². The van der Waals surface area contributed by atoms with Gasteiger partial charge in [0.05, 0.1) is 13.2 Å². The zero-order chi connectivity index (χ0) is 19.6. The minimum absolute atomic E-state index is 0.686. The fourth-order valence-electron chi connectivity index (χ4n) is 2.95. The van der Waals surface area contributed by atoms with Gasteiger partial charge in [0.1, 0.15) is 43.2 Å². The topological polar surface area (TPSA) is 196 Å². The zero-order valence-corrected chi connectivity index (χ0v) is 13.9. The fourth-order valence-corrected chi connectivity index (χ4v) is 2.95. The Morgan fingerprint density at radius 1 is 1.00 bits per heavy atom. The Morgan fingerprint density at radius 2 is 1.62 bits per heavy atom. The van der Waals surface area contributed by atoms with Gasteiger partial charge < -0.3 is 54.7 Å². The first-order valence-corrected chi connectivity index (χ1v) is 7.94. The highest BCUT2D eigenvalue weighted by molar-refractivity contribution is 5.66. The third-order valence-electron chi connectivity index (χ3n) is 4.35. The number of rotatable bonds is 6. The van der Waals surface area contributed by atoms with E-state index in [0.717, 1.165) is 6.92 Å². The van der Waals surface area contributed by atoms with Crippen molar-refractivity contribution >= 4 is 5.97 Å². The summed E-state index contributed by atoms with van der Waals surface area (Å²) in [7, 11) is 0. The fraction of sp³-hybridized carbons (Fsp3) is 0.929. The van der Waals surface area contributed by atoms with Gasteiger partial charge in [0.15, 0.2) is 12.4 Å². The highest BCUT2D eigenvalue weighted by Gasteiger charge is 2.60. The molecule has 0 spiro atoms. The van der Waals surface area contributed by atoms with E-state index < -0.39 is 80.6 Å². The van der Waals surface area contributed by atoms with Crippen LogP contribution in [0.1, 0.15) is 6.92 Å². The number of ether oxygens (including phenoxy) is 4. The van der Waals surface area contributed by atoms with Gasteiger partial charge in [-0.15, -0.1) is 0 Å². The molecule has 12 heteroatoms. The number of aliphatic hydroxyl groups excluding tert-OH is 7. The molecule has 2 saturated heterocycles. The summed E-state index contributed by atoms with van der Waals surface area (Å²) in [6.45, 7) is -1.32. The molecular formula is C14H24O12. The van der Waals surface area contributed by atoms with E-state index in [0.29, 0.717) is 0 Å². The van der Waals surface area contributed by atoms with Crippen molar-refractivity contribution in [3.05, 3.63) is 0 Å². The lowest BCUT2D eigenvalue weighted by Crippen LogP contribution is -2.62. The summed E-state index contributed by atoms with van der Waals surface area (Å²) in [6.07, 6.45) is -12.6. The summed E-state index contributed by atoms with van der Waals surface area (Å²) >= 11 is 0. The number of hydrogen-bond acceptors (Lipinski definition) is 12. The first-order chi connectivity index (χ1) is 12.2. The molecule has 0 aromatic rings. The first-order valence-electron chi connectivity index (χ1n) is 7.94. The van der Waals surface area contributed by atoms with E-state index in [4.69, 9.17) is 18.9 Å². The van der Waals surface area contributed by atoms with Crippen LogP contribution < -0.4 is 0 Å². The number of hydrogen-bond donors (Lipinski definition) is 7. The van der Waals surface area contributed by atoms with Crippen molar-refractivity contribution in [3.8, 4) is 0 Å². The Hall–Kier alpha value is -0.930. The quantitative estimate of drug-likeness (QED) is 0.216. The molecule has 2 aliphatic rings. The second-order valence-electron chi connectivity index (χ2n) is 6.14. The molecule has 26 heavy (non-hydrogen) atoms. The molecule has 2 fully saturated rings. The molecule has 0 bridgehead atoms. The average Bonchev–Trinajstić information content (AvgIpc) is 2.87. The molecule has 2 aliphatic heterocycles. The van der Waals surface area contributed by atoms with Crippen molar-refractivity contribution in [1.29, 1.82) is 0 Å². The van der Waals surface area contributed by atoms with Gasteiger partial charge in [0.25, 0.3) is 0 Å². The molecular weight excluding hydrogens is 360 g/mol. The van der Waals surface area contributed by atoms with Crippen LogP contribution in [0, 0.1) is 0 Å². The molecule has 0 aliphatic carbocycles. The third-order valence-corrected chi connectivity index (χ3v) is 4.35. The van der Waals surface area contributed by atoms with E-state index in [9.17, 15) is 40.5 Å². The molecule has 0 aromatic heterocycles. The van der Waals surface area contributed by atoms with Gasteiger partial charge in [0.2, 0.25) is 5.79 Å². The predicted octanol–water partition coefficient (Wildman–Crippen LogP) is -4.82. The summed E-state index contributed by atoms with van der Waals surface area (Å²) in [5.74, 6) is -3.04. The third kappa shape index (κ3) is 3.84. The lowest BCUT2D eigenvalue weighted by molar-refractivity contribution is -0.383. The Kier molecular flexibility index (Phi) is 6.90. The molecule has 0 amide bonds. The van der Waals surface area contributed by atoms with Gasteiger partial charge in [-0.05, 0) is 0 Å². The van der Waals surface area contributed by atoms with Crippen molar-refractivity contribution in [2.75, 3.05) is 19.8 Å². The van der Waals surface area contributed by atoms with Gasteiger partial charge in [0, 0.05) is 6.92 Å². The monoisotopic (exact) mass is 384 g/mol. The molecule has 152 valence electrons. The Balaban J connectivity index is 2.22. The Labute approximate surface area is 148 Å². The normalized spacial score (nSPS) is 46.3. The average molecular weight is 384 g/mol. The molecule has 2 rings (SSSR count). The van der Waals surface area contributed by atoms with Crippen LogP contribution in [0.3, 0.4) is 0 Å². The Bertz CT molecular complexity index is 487. The van der Waals surface area contributed by atoms with Crippen LogP contribution in [0.4, 0.5) is 0 Å². The summed E-state index contributed by atoms with van der Waals surface area (Å²) in [5.41, 5.74) is 0. The van der Waals surface area contributed by atoms with Crippen LogP contribution in [0.2, 0.25) is 0 Å². The Morgan fingerprint density at radius 3 is 2.12 bits per heavy atom. The molecule has 0 unspecified atom stereocenters. The van der Waals surface area contributed by atoms with Crippen molar-refractivity contribution < 1.29 is 59.5 Å². The molecule has 0 radical (unpaired) electrons. The summed E-state index contributed by atoms with van der Waals surface area (Å²) < 4.78 is 20.7. The standard InChI is InChI=1S/C14H24O12/c1-5(18)23-11-7(3-16)25-14(4-17,12(11)22)26-13-10(21)9(20)8(19)6(2-15)24-13/h6-13,15-17,19-22H,2-4H2,1H3/t6-,7-,8-,9+,10-,11-,12+,13+,14+/m1/s1. The SMILES string of the molecule is CC(=O)O[C@@H]1[C@@H](CO)O[C@@](CO)(O[C@@H]2O[C@H](CO)[C@@H](O)[C@H](O)[C@H]2O)[C@H]1O. The second kappa shape index (κ2) is 8.39. The van der Waals surface area contributed by atoms with Gasteiger partial charge in [-0.1, -0.05) is 0 Å². The largest absolute Gasteiger partial charge is 0.457 e. The number of carbonyl (C=O) groups is 1. The first kappa shape index (κ1) is 21.4. The number of carbonyl (C=O) groups excluding carboxylic acids is 1. The summed E-state index contributed by atoms with van der Waals surface area (Å²) in [6, 6.07) is 0. The lowest BCUT2D eigenvalue weighted by Gasteiger charge is -2.43. The summed E-state index contributed by atoms with van der Waals surface area (Å²) in [5, 5.41) is 68.2. The molecule has 7 N–H and O–H groups in total. The smallest absolute Gasteiger partial charge is 0.303 e. The highest BCUT2D eigenvalue weighted by Crippen LogP contribution is 2.37. The van der Waals surface area contributed by atoms with Gasteiger partial charge in [-0.25, -0.2) is 0 Å². The van der Waals surface area contributed by atoms with E-state index in [-0.39, 0.29) is 0 Å². The maximum absolute atomic E-state index is 11.2. The van der Waals surface area contributed by atoms with E-state index in [1.54, 1.807) is 0 Å². The van der Waals surface area contributed by atoms with Crippen LogP contribution in [0.5, 0.6) is 0 Å². The molecule has 12 nitrogen and oxygen atoms in total. The highest BCUT2D eigenvalue weighted by atomic mass is 16.8. The van der Waals surface area contributed by atoms with E-state index in [2.05, 4.69) is 0 Å². The summed E-state index contributed by atoms with van der Waals surface area (Å²) in [4.78, 5) is 11.2. The van der Waals surface area contributed by atoms with Crippen LogP contribution in [0.25, 0.3) is 0 Å². The molecule has 0 aromatic carbocycles. The predicted molar refractivity (Wildman–Crippen MR) is 78.2 cm³/mol. The van der Waals surface area contributed by atoms with Crippen molar-refractivity contribution in [2.24, 2.45) is 0 Å². The minimum atomic E-state index is -2.26. The van der Waals surface area contributed by atoms with E-state index >= 15 is 0 Å². The van der Waals surface area contributed by atoms with Crippen LogP contribution in [0.15, 0.2) is 0 Å². The van der Waals surface area contributed by atoms with Crippen LogP contribution in [-0.2, 0) is 23.7 Å². The van der Waals surface area contributed by atoms with E-state index in [1.165, 1.54) is 0 Å². The molecule has 2 heterocycles. The maximum Gasteiger partial charge on any atom is 0.303 e. The minimum Gasteiger partial charge on any atom is -0.457 e. The van der Waals surface area contributed by atoms with Gasteiger partial charge in [-0.3, -0.25) is 4.79 Å². The molecule has 9 atom stereocenters. The number of aliphatic hydroxyl groups is 7. The second-order valence-corrected chi connectivity index (χ2v) is 6.14. The van der Waals surface area contributed by atoms with E-state index in [1.807, 2.05) is 0 Å². The number of esters is 1. The van der Waals surface area contributed by atoms with Crippen LogP contribution in [-0.4, -0.2) is 116 Å². The van der Waals surface area contributed by atoms with Crippen LogP contribution >= 0.6 is 0 Å². The van der Waals surface area contributed by atoms with Crippen molar-refractivity contribution in [2.45, 2.75) is 61.7 Å². The maximum atomic E-state index is 11.2. The lowest BCUT2D eigenvalue weighted by atomic mass is 9.99. The zero-order valence-electron chi connectivity index (χ0n) is 13.9.